The summed E-state index contributed by atoms with van der Waals surface area (Å²) in [4.78, 5) is 21.1. The number of hydrogen-bond donors (Lipinski definition) is 2. The molecular formula is C21H18ClN5O. The molecule has 1 heterocycles. The van der Waals surface area contributed by atoms with Gasteiger partial charge in [0.05, 0.1) is 11.6 Å². The Balaban J connectivity index is 1.66. The van der Waals surface area contributed by atoms with E-state index in [1.54, 1.807) is 37.3 Å². The second kappa shape index (κ2) is 8.98. The summed E-state index contributed by atoms with van der Waals surface area (Å²) in [5.74, 6) is 0.701. The smallest absolute Gasteiger partial charge is 0.274 e. The molecule has 0 bridgehead atoms. The molecule has 0 aliphatic carbocycles. The third kappa shape index (κ3) is 5.29. The minimum atomic E-state index is -0.363. The van der Waals surface area contributed by atoms with Gasteiger partial charge in [-0.1, -0.05) is 29.8 Å². The summed E-state index contributed by atoms with van der Waals surface area (Å²) in [5.41, 5.74) is 2.37. The predicted molar refractivity (Wildman–Crippen MR) is 110 cm³/mol. The van der Waals surface area contributed by atoms with Crippen molar-refractivity contribution in [3.05, 3.63) is 82.3 Å². The van der Waals surface area contributed by atoms with Gasteiger partial charge in [-0.05, 0) is 49.2 Å². The summed E-state index contributed by atoms with van der Waals surface area (Å²) in [7, 11) is 0. The largest absolute Gasteiger partial charge is 0.370 e. The number of amides is 1. The normalized spacial score (nSPS) is 10.2. The minimum absolute atomic E-state index is 0.250. The molecule has 2 aromatic carbocycles. The van der Waals surface area contributed by atoms with Crippen molar-refractivity contribution in [2.45, 2.75) is 13.3 Å². The lowest BCUT2D eigenvalue weighted by molar-refractivity contribution is 0.102. The van der Waals surface area contributed by atoms with E-state index in [4.69, 9.17) is 16.9 Å². The van der Waals surface area contributed by atoms with Gasteiger partial charge in [0.2, 0.25) is 0 Å². The van der Waals surface area contributed by atoms with E-state index in [1.165, 1.54) is 0 Å². The molecule has 1 amide bonds. The molecule has 0 spiro atoms. The number of anilines is 2. The highest BCUT2D eigenvalue weighted by molar-refractivity contribution is 6.30. The topological polar surface area (TPSA) is 90.7 Å². The van der Waals surface area contributed by atoms with Crippen LogP contribution in [-0.4, -0.2) is 22.4 Å². The van der Waals surface area contributed by atoms with E-state index in [1.807, 2.05) is 30.3 Å². The average molecular weight is 392 g/mol. The fourth-order valence-corrected chi connectivity index (χ4v) is 2.88. The number of rotatable bonds is 6. The van der Waals surface area contributed by atoms with Crippen molar-refractivity contribution < 1.29 is 4.79 Å². The number of nitriles is 1. The summed E-state index contributed by atoms with van der Waals surface area (Å²) in [6.07, 6.45) is 0.770. The molecule has 0 saturated carbocycles. The van der Waals surface area contributed by atoms with Gasteiger partial charge in [-0.25, -0.2) is 9.97 Å². The van der Waals surface area contributed by atoms with E-state index in [-0.39, 0.29) is 11.6 Å². The third-order valence-electron chi connectivity index (χ3n) is 3.93. The molecule has 28 heavy (non-hydrogen) atoms. The molecule has 3 aromatic rings. The van der Waals surface area contributed by atoms with Crippen molar-refractivity contribution in [2.24, 2.45) is 0 Å². The van der Waals surface area contributed by atoms with Crippen LogP contribution in [0.2, 0.25) is 5.02 Å². The summed E-state index contributed by atoms with van der Waals surface area (Å²) in [6, 6.07) is 18.0. The van der Waals surface area contributed by atoms with Gasteiger partial charge in [-0.3, -0.25) is 4.79 Å². The molecule has 0 aliphatic rings. The van der Waals surface area contributed by atoms with Gasteiger partial charge in [-0.2, -0.15) is 5.26 Å². The molecular weight excluding hydrogens is 374 g/mol. The predicted octanol–water partition coefficient (Wildman–Crippen LogP) is 4.22. The lowest BCUT2D eigenvalue weighted by atomic mass is 10.1. The summed E-state index contributed by atoms with van der Waals surface area (Å²) in [5, 5.41) is 15.6. The Hall–Kier alpha value is -3.43. The molecule has 0 aliphatic heterocycles. The Bertz CT molecular complexity index is 1040. The van der Waals surface area contributed by atoms with Crippen molar-refractivity contribution in [1.29, 1.82) is 5.26 Å². The van der Waals surface area contributed by atoms with Gasteiger partial charge in [-0.15, -0.1) is 0 Å². The van der Waals surface area contributed by atoms with Crippen LogP contribution in [0.5, 0.6) is 0 Å². The molecule has 1 aromatic heterocycles. The van der Waals surface area contributed by atoms with Crippen LogP contribution in [0.4, 0.5) is 11.5 Å². The Kier molecular flexibility index (Phi) is 6.20. The van der Waals surface area contributed by atoms with Crippen LogP contribution in [0.3, 0.4) is 0 Å². The second-order valence-electron chi connectivity index (χ2n) is 6.14. The first-order chi connectivity index (χ1) is 13.5. The summed E-state index contributed by atoms with van der Waals surface area (Å²) < 4.78 is 0. The maximum atomic E-state index is 12.5. The zero-order valence-electron chi connectivity index (χ0n) is 15.2. The Morgan fingerprint density at radius 1 is 1.14 bits per heavy atom. The number of nitrogens with zero attached hydrogens (tertiary/aromatic N) is 3. The number of halogens is 1. The number of benzene rings is 2. The van der Waals surface area contributed by atoms with E-state index in [0.717, 1.165) is 12.0 Å². The van der Waals surface area contributed by atoms with Crippen molar-refractivity contribution in [3.8, 4) is 6.07 Å². The number of carbonyl (C=O) groups excluding carboxylic acids is 1. The van der Waals surface area contributed by atoms with Gasteiger partial charge in [0.15, 0.2) is 0 Å². The van der Waals surface area contributed by atoms with E-state index in [9.17, 15) is 4.79 Å². The lowest BCUT2D eigenvalue weighted by Gasteiger charge is -2.09. The maximum absolute atomic E-state index is 12.5. The third-order valence-corrected chi connectivity index (χ3v) is 4.16. The molecule has 0 atom stereocenters. The van der Waals surface area contributed by atoms with E-state index < -0.39 is 0 Å². The lowest BCUT2D eigenvalue weighted by Crippen LogP contribution is -2.16. The van der Waals surface area contributed by atoms with Gasteiger partial charge >= 0.3 is 0 Å². The molecule has 0 radical (unpaired) electrons. The van der Waals surface area contributed by atoms with Crippen molar-refractivity contribution >= 4 is 29.0 Å². The maximum Gasteiger partial charge on any atom is 0.274 e. The van der Waals surface area contributed by atoms with Crippen LogP contribution in [0.1, 0.15) is 27.4 Å². The van der Waals surface area contributed by atoms with Gasteiger partial charge in [0.25, 0.3) is 5.91 Å². The highest BCUT2D eigenvalue weighted by Gasteiger charge is 2.11. The van der Waals surface area contributed by atoms with Crippen molar-refractivity contribution in [2.75, 3.05) is 17.2 Å². The summed E-state index contributed by atoms with van der Waals surface area (Å²) >= 11 is 6.00. The zero-order chi connectivity index (χ0) is 19.9. The fraction of sp³-hybridized carbons (Fsp3) is 0.143. The van der Waals surface area contributed by atoms with Crippen LogP contribution >= 0.6 is 11.6 Å². The van der Waals surface area contributed by atoms with E-state index in [0.29, 0.717) is 34.5 Å². The molecule has 2 N–H and O–H groups in total. The first kappa shape index (κ1) is 19.3. The second-order valence-corrected chi connectivity index (χ2v) is 6.58. The van der Waals surface area contributed by atoms with Gasteiger partial charge in [0.1, 0.15) is 17.3 Å². The molecule has 140 valence electrons. The standard InChI is InChI=1S/C21H18ClN5O/c1-14-25-19(21(28)27-18-7-3-5-16(11-18)13-23)12-20(26-14)24-9-8-15-4-2-6-17(22)10-15/h2-7,10-12H,8-9H2,1H3,(H,27,28)(H,24,25,26). The number of nitrogens with one attached hydrogen (secondary N) is 2. The van der Waals surface area contributed by atoms with Crippen LogP contribution in [0.25, 0.3) is 0 Å². The van der Waals surface area contributed by atoms with Crippen LogP contribution in [0, 0.1) is 18.3 Å². The number of aryl methyl sites for hydroxylation is 1. The van der Waals surface area contributed by atoms with Crippen LogP contribution in [-0.2, 0) is 6.42 Å². The van der Waals surface area contributed by atoms with Gasteiger partial charge in [0, 0.05) is 23.3 Å². The molecule has 3 rings (SSSR count). The average Bonchev–Trinajstić information content (AvgIpc) is 2.68. The van der Waals surface area contributed by atoms with Crippen LogP contribution < -0.4 is 10.6 Å². The monoisotopic (exact) mass is 391 g/mol. The SMILES string of the molecule is Cc1nc(NCCc2cccc(Cl)c2)cc(C(=O)Nc2cccc(C#N)c2)n1. The number of carbonyl (C=O) groups is 1. The molecule has 0 saturated heterocycles. The summed E-state index contributed by atoms with van der Waals surface area (Å²) in [6.45, 7) is 2.37. The fourth-order valence-electron chi connectivity index (χ4n) is 2.66. The van der Waals surface area contributed by atoms with E-state index in [2.05, 4.69) is 20.6 Å². The molecule has 0 fully saturated rings. The minimum Gasteiger partial charge on any atom is -0.370 e. The molecule has 7 heteroatoms. The van der Waals surface area contributed by atoms with Gasteiger partial charge < -0.3 is 10.6 Å². The zero-order valence-corrected chi connectivity index (χ0v) is 16.0. The molecule has 6 nitrogen and oxygen atoms in total. The highest BCUT2D eigenvalue weighted by Crippen LogP contribution is 2.14. The van der Waals surface area contributed by atoms with Crippen molar-refractivity contribution in [3.63, 3.8) is 0 Å². The van der Waals surface area contributed by atoms with Crippen LogP contribution in [0.15, 0.2) is 54.6 Å². The number of hydrogen-bond acceptors (Lipinski definition) is 5. The number of aromatic nitrogens is 2. The Morgan fingerprint density at radius 2 is 1.96 bits per heavy atom. The highest BCUT2D eigenvalue weighted by atomic mass is 35.5. The Morgan fingerprint density at radius 3 is 2.75 bits per heavy atom. The molecule has 0 unspecified atom stereocenters. The Labute approximate surface area is 168 Å². The first-order valence-corrected chi connectivity index (χ1v) is 9.07. The van der Waals surface area contributed by atoms with Crippen molar-refractivity contribution in [1.82, 2.24) is 9.97 Å². The van der Waals surface area contributed by atoms with E-state index >= 15 is 0 Å². The quantitative estimate of drug-likeness (QED) is 0.656. The first-order valence-electron chi connectivity index (χ1n) is 8.69.